The van der Waals surface area contributed by atoms with Crippen LogP contribution >= 0.6 is 13.2 Å². The monoisotopic (exact) mass is 1160 g/mol. The van der Waals surface area contributed by atoms with Gasteiger partial charge in [-0.1, -0.05) is 0 Å². The van der Waals surface area contributed by atoms with E-state index in [-0.39, 0.29) is 43.8 Å². The Labute approximate surface area is 467 Å². The van der Waals surface area contributed by atoms with Crippen molar-refractivity contribution in [3.05, 3.63) is 242 Å². The van der Waals surface area contributed by atoms with Crippen molar-refractivity contribution in [3.8, 4) is 0 Å². The molecule has 0 aromatic heterocycles. The molecule has 0 aliphatic carbocycles. The molecule has 18 heteroatoms. The zero-order chi connectivity index (χ0) is 57.1. The van der Waals surface area contributed by atoms with E-state index in [0.29, 0.717) is 0 Å². The van der Waals surface area contributed by atoms with Gasteiger partial charge in [0.2, 0.25) is 0 Å². The summed E-state index contributed by atoms with van der Waals surface area (Å²) in [6.45, 7) is -5.93. The molecule has 0 fully saturated rings. The normalized spacial score (nSPS) is 14.7. The molecule has 0 saturated carbocycles. The average molecular weight is 1160 g/mol. The molecule has 0 bridgehead atoms. The van der Waals surface area contributed by atoms with Gasteiger partial charge in [0.25, 0.3) is 10.1 Å². The first kappa shape index (κ1) is 59.3. The summed E-state index contributed by atoms with van der Waals surface area (Å²) >= 11 is 0. The number of ether oxygens (including phenoxy) is 4. The van der Waals surface area contributed by atoms with Gasteiger partial charge in [-0.25, -0.2) is 0 Å². The van der Waals surface area contributed by atoms with E-state index in [0.717, 1.165) is 56.1 Å². The van der Waals surface area contributed by atoms with E-state index in [2.05, 4.69) is 86.1 Å². The van der Waals surface area contributed by atoms with Crippen LogP contribution in [0.5, 0.6) is 0 Å². The first-order valence-electron chi connectivity index (χ1n) is 25.7. The summed E-state index contributed by atoms with van der Waals surface area (Å²) in [5, 5.41) is 28.0. The van der Waals surface area contributed by atoms with E-state index in [1.807, 2.05) is 109 Å². The standard InChI is InChI=1S/C62H64O14P2S2/c1-77(52-22-9-3-10-23-52,53-24-11-4-12-25-53,54-26-13-5-14-27-54)62(76-47-51(64)46-75-61(66)49-36-40-59(41-37-49)80(70,71)72,42-21-43-73-44-50(63)45-74-60(65)48-34-38-58(39-35-48)79(67,68)69)78(2,55-28-15-6-16-29-55,56-30-17-7-18-31-56)57-32-19-8-20-33-57/h3-20,22-41,50-51,63-64H,21,42-47H2,1-2H3,(H,67,68,69)(H,70,71,72). The van der Waals surface area contributed by atoms with Crippen LogP contribution in [-0.4, -0.2) is 112 Å². The Morgan fingerprint density at radius 3 is 0.975 bits per heavy atom. The molecule has 0 radical (unpaired) electrons. The molecule has 14 nitrogen and oxygen atoms in total. The zero-order valence-electron chi connectivity index (χ0n) is 44.1. The Bertz CT molecular complexity index is 3250. The van der Waals surface area contributed by atoms with Crippen LogP contribution in [0.25, 0.3) is 0 Å². The number of benzene rings is 8. The molecule has 8 aromatic carbocycles. The van der Waals surface area contributed by atoms with Gasteiger partial charge >= 0.3 is 417 Å². The predicted molar refractivity (Wildman–Crippen MR) is 316 cm³/mol. The second kappa shape index (κ2) is 24.5. The van der Waals surface area contributed by atoms with Crippen LogP contribution in [0.1, 0.15) is 33.6 Å². The van der Waals surface area contributed by atoms with Gasteiger partial charge in [0.05, 0.1) is 4.90 Å². The fourth-order valence-corrected chi connectivity index (χ4v) is 31.5. The van der Waals surface area contributed by atoms with Crippen molar-refractivity contribution in [1.29, 1.82) is 0 Å². The molecule has 8 aromatic rings. The molecule has 0 heterocycles. The summed E-state index contributed by atoms with van der Waals surface area (Å²) in [6.07, 6.45) is -2.21. The summed E-state index contributed by atoms with van der Waals surface area (Å²) < 4.78 is 91.5. The zero-order valence-corrected chi connectivity index (χ0v) is 47.5. The molecule has 80 heavy (non-hydrogen) atoms. The van der Waals surface area contributed by atoms with E-state index in [4.69, 9.17) is 18.9 Å². The molecule has 2 atom stereocenters. The van der Waals surface area contributed by atoms with E-state index >= 15 is 0 Å². The Balaban J connectivity index is 1.32. The second-order valence-corrected chi connectivity index (χ2v) is 33.9. The Morgan fingerprint density at radius 2 is 0.700 bits per heavy atom. The van der Waals surface area contributed by atoms with Crippen molar-refractivity contribution in [2.75, 3.05) is 46.4 Å². The van der Waals surface area contributed by atoms with E-state index < -0.39 is 85.7 Å². The second-order valence-electron chi connectivity index (χ2n) is 19.9. The van der Waals surface area contributed by atoms with Gasteiger partial charge in [-0.15, -0.1) is 0 Å². The van der Waals surface area contributed by atoms with Gasteiger partial charge in [-0.3, -0.25) is 9.11 Å². The first-order valence-corrected chi connectivity index (χ1v) is 33.9. The minimum atomic E-state index is -4.54. The number of aliphatic hydroxyl groups excluding tert-OH is 2. The number of rotatable bonds is 25. The van der Waals surface area contributed by atoms with Gasteiger partial charge in [-0.2, -0.15) is 16.8 Å². The summed E-state index contributed by atoms with van der Waals surface area (Å²) in [7, 11) is -9.03. The van der Waals surface area contributed by atoms with Crippen LogP contribution in [-0.2, 0) is 39.2 Å². The average Bonchev–Trinajstić information content (AvgIpc) is 3.13. The Morgan fingerprint density at radius 1 is 0.425 bits per heavy atom. The summed E-state index contributed by atoms with van der Waals surface area (Å²) in [4.78, 5) is 25.8. The van der Waals surface area contributed by atoms with Gasteiger partial charge in [0.15, 0.2) is 0 Å². The molecule has 8 rings (SSSR count). The Kier molecular flexibility index (Phi) is 18.2. The molecule has 0 aliphatic heterocycles. The van der Waals surface area contributed by atoms with E-state index in [1.54, 1.807) is 0 Å². The summed E-state index contributed by atoms with van der Waals surface area (Å²) in [5.74, 6) is -1.67. The Hall–Kier alpha value is -6.78. The fraction of sp³-hybridized carbons (Fsp3) is 0.194. The van der Waals surface area contributed by atoms with Gasteiger partial charge in [-0.05, 0) is 12.1 Å². The van der Waals surface area contributed by atoms with Gasteiger partial charge in [0.1, 0.15) is 0 Å². The molecule has 2 unspecified atom stereocenters. The van der Waals surface area contributed by atoms with Gasteiger partial charge in [0, 0.05) is 0 Å². The van der Waals surface area contributed by atoms with E-state index in [1.165, 1.54) is 24.3 Å². The van der Waals surface area contributed by atoms with Crippen molar-refractivity contribution in [2.45, 2.75) is 39.9 Å². The molecule has 418 valence electrons. The fourth-order valence-electron chi connectivity index (χ4n) is 11.5. The summed E-state index contributed by atoms with van der Waals surface area (Å²) in [5.41, 5.74) is -0.00635. The van der Waals surface area contributed by atoms with Gasteiger partial charge < -0.3 is 0 Å². The summed E-state index contributed by atoms with van der Waals surface area (Å²) in [6, 6.07) is 71.1. The number of carbonyl (C=O) groups excluding carboxylic acids is 2. The van der Waals surface area contributed by atoms with Crippen LogP contribution in [0.2, 0.25) is 0 Å². The number of aliphatic hydroxyl groups is 2. The van der Waals surface area contributed by atoms with Crippen molar-refractivity contribution < 1.29 is 64.7 Å². The predicted octanol–water partition coefficient (Wildman–Crippen LogP) is 7.70. The maximum atomic E-state index is 13.6. The number of hydrogen-bond acceptors (Lipinski definition) is 12. The third-order valence-electron chi connectivity index (χ3n) is 15.4. The third kappa shape index (κ3) is 11.1. The van der Waals surface area contributed by atoms with Crippen LogP contribution < -0.4 is 31.8 Å². The van der Waals surface area contributed by atoms with Crippen LogP contribution in [0.15, 0.2) is 240 Å². The molecule has 4 N–H and O–H groups in total. The molecule has 0 spiro atoms. The topological polar surface area (TPSA) is 220 Å². The van der Waals surface area contributed by atoms with Crippen LogP contribution in [0, 0.1) is 0 Å². The molecule has 0 amide bonds. The minimum absolute atomic E-state index is 0.00508. The number of carbonyl (C=O) groups is 2. The van der Waals surface area contributed by atoms with Crippen LogP contribution in [0.4, 0.5) is 0 Å². The van der Waals surface area contributed by atoms with Crippen molar-refractivity contribution >= 4 is 77.2 Å². The number of esters is 2. The van der Waals surface area contributed by atoms with Crippen molar-refractivity contribution in [2.24, 2.45) is 0 Å². The number of hydrogen-bond donors (Lipinski definition) is 4. The molecular weight excluding hydrogens is 1090 g/mol. The van der Waals surface area contributed by atoms with Crippen LogP contribution in [0.3, 0.4) is 0 Å². The quantitative estimate of drug-likeness (QED) is 0.0187. The molecule has 0 saturated heterocycles. The maximum absolute atomic E-state index is 13.6. The van der Waals surface area contributed by atoms with Crippen molar-refractivity contribution in [1.82, 2.24) is 0 Å². The SMILES string of the molecule is CP(c1ccccc1)(c1ccccc1)(c1ccccc1)C(CCCOCC(O)COC(=O)c1ccc(S(=O)(=O)O)cc1)(OCC(O)COC(=O)c1ccc(S(=O)(=O)O)cc1)P(C)(c1ccccc1)(c1ccccc1)c1ccccc1. The van der Waals surface area contributed by atoms with Crippen molar-refractivity contribution in [3.63, 3.8) is 0 Å². The first-order chi connectivity index (χ1) is 38.3. The third-order valence-corrected chi connectivity index (χ3v) is 33.8. The van der Waals surface area contributed by atoms with E-state index in [9.17, 15) is 45.7 Å². The molecular formula is C62H64O14P2S2. The molecule has 0 aliphatic rings.